The minimum absolute atomic E-state index is 1.08. The average molecular weight is 156 g/mol. The molecule has 0 saturated carbocycles. The van der Waals surface area contributed by atoms with Gasteiger partial charge in [-0.15, -0.1) is 11.3 Å². The first-order valence-corrected chi connectivity index (χ1v) is 4.39. The van der Waals surface area contributed by atoms with Crippen LogP contribution in [-0.2, 0) is 6.42 Å². The predicted molar refractivity (Wildman–Crippen MR) is 44.4 cm³/mol. The summed E-state index contributed by atoms with van der Waals surface area (Å²) in [5.74, 6) is 0. The van der Waals surface area contributed by atoms with Gasteiger partial charge in [-0.05, 0) is 26.4 Å². The van der Waals surface area contributed by atoms with Crippen LogP contribution in [0.15, 0.2) is 10.9 Å². The third kappa shape index (κ3) is 2.45. The van der Waals surface area contributed by atoms with E-state index < -0.39 is 0 Å². The summed E-state index contributed by atoms with van der Waals surface area (Å²) in [5, 5.41) is 5.21. The molecular weight excluding hydrogens is 144 g/mol. The summed E-state index contributed by atoms with van der Waals surface area (Å²) in [6.07, 6.45) is 2.28. The van der Waals surface area contributed by atoms with Gasteiger partial charge < -0.3 is 5.32 Å². The fourth-order valence-corrected chi connectivity index (χ4v) is 1.40. The zero-order valence-corrected chi connectivity index (χ0v) is 6.95. The van der Waals surface area contributed by atoms with E-state index in [4.69, 9.17) is 0 Å². The number of nitrogens with one attached hydrogen (secondary N) is 1. The van der Waals surface area contributed by atoms with Crippen LogP contribution in [0.4, 0.5) is 0 Å². The Hall–Kier alpha value is -0.410. The summed E-state index contributed by atoms with van der Waals surface area (Å²) >= 11 is 1.67. The van der Waals surface area contributed by atoms with E-state index in [1.165, 1.54) is 12.1 Å². The van der Waals surface area contributed by atoms with Gasteiger partial charge in [-0.3, -0.25) is 0 Å². The second-order valence-electron chi connectivity index (χ2n) is 2.19. The van der Waals surface area contributed by atoms with Crippen LogP contribution in [0.5, 0.6) is 0 Å². The van der Waals surface area contributed by atoms with Gasteiger partial charge in [0.1, 0.15) is 0 Å². The van der Waals surface area contributed by atoms with Crippen molar-refractivity contribution in [1.29, 1.82) is 0 Å². The Morgan fingerprint density at radius 2 is 2.60 bits per heavy atom. The Labute approximate surface area is 65.3 Å². The molecule has 1 rings (SSSR count). The molecular formula is C7H12N2S. The van der Waals surface area contributed by atoms with Gasteiger partial charge in [0.2, 0.25) is 0 Å². The number of thiazole rings is 1. The third-order valence-electron chi connectivity index (χ3n) is 1.34. The van der Waals surface area contributed by atoms with Crippen LogP contribution in [0.2, 0.25) is 0 Å². The monoisotopic (exact) mass is 156 g/mol. The smallest absolute Gasteiger partial charge is 0.0794 e. The highest BCUT2D eigenvalue weighted by molar-refractivity contribution is 7.07. The first kappa shape index (κ1) is 7.69. The van der Waals surface area contributed by atoms with E-state index in [2.05, 4.69) is 15.7 Å². The molecule has 0 aliphatic carbocycles. The van der Waals surface area contributed by atoms with Crippen molar-refractivity contribution in [2.75, 3.05) is 13.6 Å². The largest absolute Gasteiger partial charge is 0.320 e. The highest BCUT2D eigenvalue weighted by atomic mass is 32.1. The van der Waals surface area contributed by atoms with E-state index in [1.54, 1.807) is 11.3 Å². The van der Waals surface area contributed by atoms with E-state index in [1.807, 2.05) is 12.6 Å². The highest BCUT2D eigenvalue weighted by Crippen LogP contribution is 2.02. The minimum Gasteiger partial charge on any atom is -0.320 e. The summed E-state index contributed by atoms with van der Waals surface area (Å²) in [5.41, 5.74) is 3.11. The minimum atomic E-state index is 1.08. The van der Waals surface area contributed by atoms with Crippen LogP contribution in [0.3, 0.4) is 0 Å². The van der Waals surface area contributed by atoms with Gasteiger partial charge in [-0.2, -0.15) is 0 Å². The molecule has 0 atom stereocenters. The molecule has 10 heavy (non-hydrogen) atoms. The van der Waals surface area contributed by atoms with Crippen molar-refractivity contribution >= 4 is 11.3 Å². The van der Waals surface area contributed by atoms with Gasteiger partial charge in [0, 0.05) is 5.38 Å². The van der Waals surface area contributed by atoms with Crippen molar-refractivity contribution in [3.8, 4) is 0 Å². The van der Waals surface area contributed by atoms with Crippen LogP contribution >= 0.6 is 11.3 Å². The first-order chi connectivity index (χ1) is 4.93. The van der Waals surface area contributed by atoms with Gasteiger partial charge in [0.15, 0.2) is 0 Å². The molecule has 0 fully saturated rings. The molecule has 0 saturated heterocycles. The third-order valence-corrected chi connectivity index (χ3v) is 1.98. The Balaban J connectivity index is 2.15. The summed E-state index contributed by atoms with van der Waals surface area (Å²) in [7, 11) is 1.97. The maximum absolute atomic E-state index is 4.18. The molecule has 0 spiro atoms. The van der Waals surface area contributed by atoms with Crippen LogP contribution in [-0.4, -0.2) is 18.6 Å². The van der Waals surface area contributed by atoms with Crippen molar-refractivity contribution < 1.29 is 0 Å². The number of rotatable bonds is 4. The van der Waals surface area contributed by atoms with Crippen LogP contribution in [0, 0.1) is 0 Å². The van der Waals surface area contributed by atoms with Crippen LogP contribution in [0.1, 0.15) is 12.1 Å². The Morgan fingerprint density at radius 1 is 1.70 bits per heavy atom. The first-order valence-electron chi connectivity index (χ1n) is 3.45. The van der Waals surface area contributed by atoms with Crippen molar-refractivity contribution in [3.63, 3.8) is 0 Å². The molecule has 0 amide bonds. The van der Waals surface area contributed by atoms with Gasteiger partial charge in [0.05, 0.1) is 11.2 Å². The van der Waals surface area contributed by atoms with E-state index in [0.29, 0.717) is 0 Å². The number of hydrogen-bond acceptors (Lipinski definition) is 3. The van der Waals surface area contributed by atoms with Gasteiger partial charge in [-0.25, -0.2) is 4.98 Å². The molecule has 56 valence electrons. The quantitative estimate of drug-likeness (QED) is 0.665. The predicted octanol–water partition coefficient (Wildman–Crippen LogP) is 1.30. The molecule has 2 nitrogen and oxygen atoms in total. The number of aromatic nitrogens is 1. The zero-order valence-electron chi connectivity index (χ0n) is 6.13. The number of hydrogen-bond donors (Lipinski definition) is 1. The Kier molecular flexibility index (Phi) is 3.40. The van der Waals surface area contributed by atoms with Crippen molar-refractivity contribution in [1.82, 2.24) is 10.3 Å². The maximum atomic E-state index is 4.18. The maximum Gasteiger partial charge on any atom is 0.0794 e. The normalized spacial score (nSPS) is 10.1. The zero-order chi connectivity index (χ0) is 7.23. The Morgan fingerprint density at radius 3 is 3.20 bits per heavy atom. The molecule has 0 radical (unpaired) electrons. The average Bonchev–Trinajstić information content (AvgIpc) is 2.41. The molecule has 1 N–H and O–H groups in total. The van der Waals surface area contributed by atoms with Gasteiger partial charge in [0.25, 0.3) is 0 Å². The molecule has 0 aromatic carbocycles. The molecule has 0 aliphatic rings. The SMILES string of the molecule is CNCCCc1cscn1. The van der Waals surface area contributed by atoms with Crippen molar-refractivity contribution in [3.05, 3.63) is 16.6 Å². The van der Waals surface area contributed by atoms with Gasteiger partial charge >= 0.3 is 0 Å². The summed E-state index contributed by atoms with van der Waals surface area (Å²) in [4.78, 5) is 4.18. The Bertz CT molecular complexity index is 160. The number of aryl methyl sites for hydroxylation is 1. The van der Waals surface area contributed by atoms with Crippen molar-refractivity contribution in [2.45, 2.75) is 12.8 Å². The second-order valence-corrected chi connectivity index (χ2v) is 2.91. The standard InChI is InChI=1S/C7H12N2S/c1-8-4-2-3-7-5-10-6-9-7/h5-6,8H,2-4H2,1H3. The molecule has 0 unspecified atom stereocenters. The molecule has 1 aromatic rings. The lowest BCUT2D eigenvalue weighted by Gasteiger charge is -1.94. The molecule has 0 aliphatic heterocycles. The topological polar surface area (TPSA) is 24.9 Å². The molecule has 1 aromatic heterocycles. The van der Waals surface area contributed by atoms with E-state index >= 15 is 0 Å². The lowest BCUT2D eigenvalue weighted by Crippen LogP contribution is -2.08. The summed E-state index contributed by atoms with van der Waals surface area (Å²) in [6.45, 7) is 1.08. The van der Waals surface area contributed by atoms with Crippen molar-refractivity contribution in [2.24, 2.45) is 0 Å². The van der Waals surface area contributed by atoms with E-state index in [9.17, 15) is 0 Å². The van der Waals surface area contributed by atoms with Crippen LogP contribution in [0.25, 0.3) is 0 Å². The van der Waals surface area contributed by atoms with E-state index in [-0.39, 0.29) is 0 Å². The molecule has 0 bridgehead atoms. The van der Waals surface area contributed by atoms with E-state index in [0.717, 1.165) is 13.0 Å². The van der Waals surface area contributed by atoms with Crippen LogP contribution < -0.4 is 5.32 Å². The number of nitrogens with zero attached hydrogens (tertiary/aromatic N) is 1. The second kappa shape index (κ2) is 4.41. The lowest BCUT2D eigenvalue weighted by atomic mass is 10.2. The molecule has 3 heteroatoms. The summed E-state index contributed by atoms with van der Waals surface area (Å²) in [6, 6.07) is 0. The van der Waals surface area contributed by atoms with Gasteiger partial charge in [-0.1, -0.05) is 0 Å². The fraction of sp³-hybridized carbons (Fsp3) is 0.571. The fourth-order valence-electron chi connectivity index (χ4n) is 0.807. The molecule has 1 heterocycles. The summed E-state index contributed by atoms with van der Waals surface area (Å²) < 4.78 is 0. The highest BCUT2D eigenvalue weighted by Gasteiger charge is 1.92. The lowest BCUT2D eigenvalue weighted by molar-refractivity contribution is 0.717.